The maximum Gasteiger partial charge on any atom is 0.225 e. The van der Waals surface area contributed by atoms with Crippen LogP contribution in [0.25, 0.3) is 21.9 Å². The molecule has 4 rings (SSSR count). The fourth-order valence-electron chi connectivity index (χ4n) is 3.25. The van der Waals surface area contributed by atoms with Crippen LogP contribution in [0, 0.1) is 0 Å². The fraction of sp³-hybridized carbons (Fsp3) is 0.316. The van der Waals surface area contributed by atoms with Crippen LogP contribution >= 0.6 is 0 Å². The highest BCUT2D eigenvalue weighted by molar-refractivity contribution is 5.98. The Morgan fingerprint density at radius 3 is 2.36 bits per heavy atom. The molecule has 1 aliphatic heterocycles. The number of fused-ring (bicyclic) bond motifs is 1. The Hall–Kier alpha value is -2.73. The van der Waals surface area contributed by atoms with Crippen LogP contribution in [-0.4, -0.2) is 46.4 Å². The van der Waals surface area contributed by atoms with Gasteiger partial charge in [0.25, 0.3) is 0 Å². The average Bonchev–Trinajstić information content (AvgIpc) is 2.68. The number of aromatic nitrogens is 3. The van der Waals surface area contributed by atoms with Gasteiger partial charge in [-0.25, -0.2) is 15.0 Å². The molecule has 6 nitrogen and oxygen atoms in total. The molecule has 2 aromatic heterocycles. The first kappa shape index (κ1) is 15.8. The van der Waals surface area contributed by atoms with Crippen molar-refractivity contribution in [3.05, 3.63) is 42.9 Å². The van der Waals surface area contributed by atoms with E-state index in [9.17, 15) is 5.11 Å². The molecular formula is C19H20N4O2. The Kier molecular flexibility index (Phi) is 4.19. The molecule has 1 aromatic carbocycles. The number of methoxy groups -OCH3 is 1. The highest BCUT2D eigenvalue weighted by Gasteiger charge is 2.19. The molecule has 0 saturated carbocycles. The van der Waals surface area contributed by atoms with Crippen molar-refractivity contribution in [3.63, 3.8) is 0 Å². The topological polar surface area (TPSA) is 71.4 Å². The molecule has 0 aliphatic carbocycles. The normalized spacial score (nSPS) is 15.5. The van der Waals surface area contributed by atoms with Gasteiger partial charge in [-0.05, 0) is 24.3 Å². The lowest BCUT2D eigenvalue weighted by Gasteiger charge is -2.29. The summed E-state index contributed by atoms with van der Waals surface area (Å²) in [6, 6.07) is 8.02. The number of hydrogen-bond acceptors (Lipinski definition) is 6. The van der Waals surface area contributed by atoms with Crippen molar-refractivity contribution in [2.24, 2.45) is 0 Å². The fourth-order valence-corrected chi connectivity index (χ4v) is 3.25. The highest BCUT2D eigenvalue weighted by atomic mass is 16.5. The smallest absolute Gasteiger partial charge is 0.225 e. The highest BCUT2D eigenvalue weighted by Crippen LogP contribution is 2.32. The van der Waals surface area contributed by atoms with Gasteiger partial charge in [0, 0.05) is 48.2 Å². The van der Waals surface area contributed by atoms with Gasteiger partial charge in [-0.2, -0.15) is 0 Å². The van der Waals surface area contributed by atoms with Gasteiger partial charge in [-0.1, -0.05) is 18.2 Å². The lowest BCUT2D eigenvalue weighted by Crippen LogP contribution is -2.36. The van der Waals surface area contributed by atoms with Gasteiger partial charge in [-0.15, -0.1) is 0 Å². The number of nitrogens with zero attached hydrogens (tertiary/aromatic N) is 4. The number of aliphatic hydroxyl groups is 1. The summed E-state index contributed by atoms with van der Waals surface area (Å²) in [6.45, 7) is 1.57. The second kappa shape index (κ2) is 6.64. The van der Waals surface area contributed by atoms with Crippen molar-refractivity contribution in [1.82, 2.24) is 15.0 Å². The summed E-state index contributed by atoms with van der Waals surface area (Å²) in [5.41, 5.74) is 1.91. The van der Waals surface area contributed by atoms with E-state index in [1.54, 1.807) is 13.3 Å². The standard InChI is InChI=1S/C19H20N4O2/c1-25-18-16-5-3-2-4-15(16)17(12-20-18)13-10-21-19(22-11-13)23-8-6-14(24)7-9-23/h2-5,10-12,14,24H,6-9H2,1H3. The third-order valence-electron chi connectivity index (χ3n) is 4.65. The molecule has 0 spiro atoms. The van der Waals surface area contributed by atoms with Crippen LogP contribution in [0.15, 0.2) is 42.9 Å². The predicted octanol–water partition coefficient (Wildman–Crippen LogP) is 2.66. The molecule has 1 N–H and O–H groups in total. The van der Waals surface area contributed by atoms with E-state index in [1.165, 1.54) is 0 Å². The van der Waals surface area contributed by atoms with Gasteiger partial charge in [0.1, 0.15) is 0 Å². The molecule has 1 fully saturated rings. The quantitative estimate of drug-likeness (QED) is 0.793. The third-order valence-corrected chi connectivity index (χ3v) is 4.65. The van der Waals surface area contributed by atoms with Crippen molar-refractivity contribution in [3.8, 4) is 17.0 Å². The van der Waals surface area contributed by atoms with Gasteiger partial charge in [-0.3, -0.25) is 0 Å². The molecule has 0 unspecified atom stereocenters. The summed E-state index contributed by atoms with van der Waals surface area (Å²) in [4.78, 5) is 15.6. The lowest BCUT2D eigenvalue weighted by atomic mass is 10.0. The number of benzene rings is 1. The maximum absolute atomic E-state index is 9.63. The molecule has 1 saturated heterocycles. The van der Waals surface area contributed by atoms with Gasteiger partial charge in [0.15, 0.2) is 0 Å². The summed E-state index contributed by atoms with van der Waals surface area (Å²) >= 11 is 0. The Bertz CT molecular complexity index is 874. The zero-order valence-electron chi connectivity index (χ0n) is 14.1. The van der Waals surface area contributed by atoms with Crippen molar-refractivity contribution >= 4 is 16.7 Å². The second-order valence-electron chi connectivity index (χ2n) is 6.22. The van der Waals surface area contributed by atoms with Crippen LogP contribution in [0.4, 0.5) is 5.95 Å². The van der Waals surface area contributed by atoms with Crippen molar-refractivity contribution in [1.29, 1.82) is 0 Å². The number of anilines is 1. The number of rotatable bonds is 3. The number of ether oxygens (including phenoxy) is 1. The molecule has 6 heteroatoms. The van der Waals surface area contributed by atoms with E-state index in [2.05, 4.69) is 25.9 Å². The van der Waals surface area contributed by atoms with E-state index in [4.69, 9.17) is 4.74 Å². The number of aliphatic hydroxyl groups excluding tert-OH is 1. The van der Waals surface area contributed by atoms with Crippen LogP contribution in [0.2, 0.25) is 0 Å². The minimum atomic E-state index is -0.202. The minimum absolute atomic E-state index is 0.202. The van der Waals surface area contributed by atoms with Crippen LogP contribution in [0.5, 0.6) is 5.88 Å². The molecule has 3 heterocycles. The average molecular weight is 336 g/mol. The number of piperidine rings is 1. The van der Waals surface area contributed by atoms with E-state index in [-0.39, 0.29) is 6.10 Å². The molecule has 25 heavy (non-hydrogen) atoms. The first-order valence-corrected chi connectivity index (χ1v) is 8.43. The molecule has 0 atom stereocenters. The first-order valence-electron chi connectivity index (χ1n) is 8.43. The van der Waals surface area contributed by atoms with Gasteiger partial charge in [0.2, 0.25) is 11.8 Å². The Labute approximate surface area is 146 Å². The van der Waals surface area contributed by atoms with Gasteiger partial charge >= 0.3 is 0 Å². The Morgan fingerprint density at radius 2 is 1.68 bits per heavy atom. The van der Waals surface area contributed by atoms with Crippen LogP contribution in [0.1, 0.15) is 12.8 Å². The third kappa shape index (κ3) is 3.00. The largest absolute Gasteiger partial charge is 0.481 e. The van der Waals surface area contributed by atoms with Gasteiger partial charge in [0.05, 0.1) is 13.2 Å². The van der Waals surface area contributed by atoms with Gasteiger partial charge < -0.3 is 14.7 Å². The molecule has 0 amide bonds. The summed E-state index contributed by atoms with van der Waals surface area (Å²) in [6.07, 6.45) is 6.80. The molecule has 0 radical (unpaired) electrons. The van der Waals surface area contributed by atoms with Crippen LogP contribution < -0.4 is 9.64 Å². The predicted molar refractivity (Wildman–Crippen MR) is 96.8 cm³/mol. The molecule has 128 valence electrons. The summed E-state index contributed by atoms with van der Waals surface area (Å²) in [5, 5.41) is 11.7. The van der Waals surface area contributed by atoms with E-state index in [0.29, 0.717) is 11.8 Å². The number of hydrogen-bond donors (Lipinski definition) is 1. The Morgan fingerprint density at radius 1 is 1.00 bits per heavy atom. The van der Waals surface area contributed by atoms with E-state index in [1.807, 2.05) is 30.6 Å². The van der Waals surface area contributed by atoms with E-state index >= 15 is 0 Å². The molecular weight excluding hydrogens is 316 g/mol. The molecule has 3 aromatic rings. The minimum Gasteiger partial charge on any atom is -0.481 e. The molecule has 1 aliphatic rings. The molecule has 0 bridgehead atoms. The first-order chi connectivity index (χ1) is 12.3. The zero-order valence-corrected chi connectivity index (χ0v) is 14.1. The van der Waals surface area contributed by atoms with Crippen molar-refractivity contribution in [2.45, 2.75) is 18.9 Å². The van der Waals surface area contributed by atoms with Crippen LogP contribution in [-0.2, 0) is 0 Å². The van der Waals surface area contributed by atoms with E-state index < -0.39 is 0 Å². The van der Waals surface area contributed by atoms with Crippen molar-refractivity contribution in [2.75, 3.05) is 25.1 Å². The summed E-state index contributed by atoms with van der Waals surface area (Å²) in [5.74, 6) is 1.32. The van der Waals surface area contributed by atoms with E-state index in [0.717, 1.165) is 47.8 Å². The summed E-state index contributed by atoms with van der Waals surface area (Å²) in [7, 11) is 1.63. The SMILES string of the molecule is COc1ncc(-c2cnc(N3CCC(O)CC3)nc2)c2ccccc12. The Balaban J connectivity index is 1.68. The van der Waals surface area contributed by atoms with Crippen LogP contribution in [0.3, 0.4) is 0 Å². The monoisotopic (exact) mass is 336 g/mol. The zero-order chi connectivity index (χ0) is 17.2. The lowest BCUT2D eigenvalue weighted by molar-refractivity contribution is 0.145. The second-order valence-corrected chi connectivity index (χ2v) is 6.22. The number of pyridine rings is 1. The summed E-state index contributed by atoms with van der Waals surface area (Å²) < 4.78 is 5.36. The van der Waals surface area contributed by atoms with Crippen molar-refractivity contribution < 1.29 is 9.84 Å². The maximum atomic E-state index is 9.63.